The number of nitrogens with zero attached hydrogens (tertiary/aromatic N) is 1. The number of ether oxygens (including phenoxy) is 1. The maximum Gasteiger partial charge on any atom is 0.322 e. The molecule has 30 heavy (non-hydrogen) atoms. The van der Waals surface area contributed by atoms with Crippen LogP contribution in [0.2, 0.25) is 0 Å². The number of hydrogen-bond donors (Lipinski definition) is 1. The topological polar surface area (TPSA) is 83.9 Å². The summed E-state index contributed by atoms with van der Waals surface area (Å²) in [5.41, 5.74) is 1.93. The number of sulfonamides is 1. The maximum absolute atomic E-state index is 12.9. The van der Waals surface area contributed by atoms with E-state index in [1.54, 1.807) is 13.0 Å². The van der Waals surface area contributed by atoms with E-state index in [9.17, 15) is 18.3 Å². The second kappa shape index (κ2) is 8.22. The summed E-state index contributed by atoms with van der Waals surface area (Å²) < 4.78 is 32.8. The summed E-state index contributed by atoms with van der Waals surface area (Å²) in [5.74, 6) is -0.425. The van der Waals surface area contributed by atoms with Crippen LogP contribution < -0.4 is 4.74 Å². The summed E-state index contributed by atoms with van der Waals surface area (Å²) in [7, 11) is -3.81. The fourth-order valence-corrected chi connectivity index (χ4v) is 6.89. The highest BCUT2D eigenvalue weighted by Gasteiger charge is 2.43. The third kappa shape index (κ3) is 3.86. The van der Waals surface area contributed by atoms with Crippen LogP contribution in [-0.4, -0.2) is 29.8 Å². The number of carboxylic acid groups (broad SMARTS) is 1. The minimum Gasteiger partial charge on any atom is -0.489 e. The van der Waals surface area contributed by atoms with Gasteiger partial charge in [-0.15, -0.1) is 11.3 Å². The van der Waals surface area contributed by atoms with Gasteiger partial charge in [0.15, 0.2) is 0 Å². The molecule has 0 aliphatic carbocycles. The van der Waals surface area contributed by atoms with Gasteiger partial charge < -0.3 is 9.84 Å². The van der Waals surface area contributed by atoms with E-state index < -0.39 is 22.0 Å². The molecule has 1 aliphatic heterocycles. The number of carboxylic acids is 1. The van der Waals surface area contributed by atoms with E-state index in [1.807, 2.05) is 54.6 Å². The van der Waals surface area contributed by atoms with Crippen molar-refractivity contribution in [2.75, 3.05) is 0 Å². The van der Waals surface area contributed by atoms with Crippen LogP contribution in [0.4, 0.5) is 0 Å². The van der Waals surface area contributed by atoms with Gasteiger partial charge in [0, 0.05) is 9.75 Å². The molecule has 1 N–H and O–H groups in total. The zero-order valence-electron chi connectivity index (χ0n) is 16.3. The van der Waals surface area contributed by atoms with Gasteiger partial charge in [0.1, 0.15) is 18.4 Å². The molecule has 0 amide bonds. The Morgan fingerprint density at radius 2 is 1.93 bits per heavy atom. The first kappa shape index (κ1) is 20.6. The van der Waals surface area contributed by atoms with Crippen LogP contribution in [0.1, 0.15) is 23.8 Å². The van der Waals surface area contributed by atoms with Gasteiger partial charge in [0.25, 0.3) is 0 Å². The van der Waals surface area contributed by atoms with Crippen LogP contribution in [0.5, 0.6) is 5.75 Å². The number of carbonyl (C=O) groups is 1. The quantitative estimate of drug-likeness (QED) is 0.587. The fraction of sp³-hybridized carbons (Fsp3) is 0.227. The van der Waals surface area contributed by atoms with Crippen LogP contribution in [-0.2, 0) is 28.0 Å². The van der Waals surface area contributed by atoms with Gasteiger partial charge in [0.05, 0.1) is 11.4 Å². The lowest BCUT2D eigenvalue weighted by atomic mass is 10.2. The summed E-state index contributed by atoms with van der Waals surface area (Å²) in [6, 6.07) is 18.0. The van der Waals surface area contributed by atoms with Crippen molar-refractivity contribution in [1.29, 1.82) is 0 Å². The molecule has 8 heteroatoms. The third-order valence-corrected chi connectivity index (χ3v) is 8.26. The highest BCUT2D eigenvalue weighted by Crippen LogP contribution is 2.42. The molecule has 0 spiro atoms. The second-order valence-electron chi connectivity index (χ2n) is 7.01. The van der Waals surface area contributed by atoms with Crippen molar-refractivity contribution >= 4 is 27.3 Å². The molecule has 0 saturated carbocycles. The second-order valence-corrected chi connectivity index (χ2v) is 10.0. The molecule has 0 fully saturated rings. The Bertz CT molecular complexity index is 1170. The molecule has 2 aromatic carbocycles. The standard InChI is InChI=1S/C22H21NO5S2/c1-2-18(22(24)25)23-13-20-21(30(23,26)27)12-19(29-20)16-9-6-10-17(11-16)28-14-15-7-4-3-5-8-15/h3-12,18H,2,13-14H2,1H3,(H,24,25). The van der Waals surface area contributed by atoms with Crippen LogP contribution in [0.25, 0.3) is 10.4 Å². The number of aliphatic carboxylic acids is 1. The number of rotatable bonds is 7. The van der Waals surface area contributed by atoms with E-state index in [4.69, 9.17) is 4.74 Å². The Labute approximate surface area is 179 Å². The lowest BCUT2D eigenvalue weighted by Gasteiger charge is -2.21. The molecule has 6 nitrogen and oxygen atoms in total. The van der Waals surface area contributed by atoms with E-state index in [0.29, 0.717) is 17.2 Å². The minimum absolute atomic E-state index is 0.0946. The summed E-state index contributed by atoms with van der Waals surface area (Å²) in [5, 5.41) is 9.36. The SMILES string of the molecule is CCC(C(=O)O)N1Cc2sc(-c3cccc(OCc4ccccc4)c3)cc2S1(=O)=O. The normalized spacial score (nSPS) is 16.2. The van der Waals surface area contributed by atoms with Gasteiger partial charge in [0.2, 0.25) is 10.0 Å². The molecule has 1 aromatic heterocycles. The molecule has 2 heterocycles. The first-order valence-electron chi connectivity index (χ1n) is 9.54. The predicted octanol–water partition coefficient (Wildman–Crippen LogP) is 4.36. The smallest absolute Gasteiger partial charge is 0.322 e. The van der Waals surface area contributed by atoms with E-state index in [-0.39, 0.29) is 17.9 Å². The van der Waals surface area contributed by atoms with Gasteiger partial charge in [-0.2, -0.15) is 4.31 Å². The number of hydrogen-bond acceptors (Lipinski definition) is 5. The van der Waals surface area contributed by atoms with Crippen LogP contribution in [0.15, 0.2) is 65.6 Å². The summed E-state index contributed by atoms with van der Waals surface area (Å²) in [6.07, 6.45) is 0.219. The summed E-state index contributed by atoms with van der Waals surface area (Å²) in [6.45, 7) is 2.21. The molecule has 4 rings (SSSR count). The number of benzene rings is 2. The van der Waals surface area contributed by atoms with E-state index in [1.165, 1.54) is 11.3 Å². The molecular weight excluding hydrogens is 422 g/mol. The third-order valence-electron chi connectivity index (χ3n) is 5.04. The highest BCUT2D eigenvalue weighted by molar-refractivity contribution is 7.89. The first-order chi connectivity index (χ1) is 14.4. The van der Waals surface area contributed by atoms with Gasteiger partial charge in [-0.25, -0.2) is 8.42 Å². The molecule has 0 saturated heterocycles. The van der Waals surface area contributed by atoms with Crippen LogP contribution in [0, 0.1) is 0 Å². The maximum atomic E-state index is 12.9. The van der Waals surface area contributed by atoms with Crippen molar-refractivity contribution < 1.29 is 23.1 Å². The fourth-order valence-electron chi connectivity index (χ4n) is 3.49. The molecule has 1 atom stereocenters. The van der Waals surface area contributed by atoms with Crippen molar-refractivity contribution in [2.24, 2.45) is 0 Å². The lowest BCUT2D eigenvalue weighted by Crippen LogP contribution is -2.40. The highest BCUT2D eigenvalue weighted by atomic mass is 32.2. The van der Waals surface area contributed by atoms with Gasteiger partial charge in [-0.3, -0.25) is 4.79 Å². The van der Waals surface area contributed by atoms with Crippen molar-refractivity contribution in [3.63, 3.8) is 0 Å². The molecule has 156 valence electrons. The Hall–Kier alpha value is -2.68. The average molecular weight is 444 g/mol. The zero-order chi connectivity index (χ0) is 21.3. The van der Waals surface area contributed by atoms with Gasteiger partial charge in [-0.05, 0) is 35.7 Å². The van der Waals surface area contributed by atoms with Gasteiger partial charge >= 0.3 is 5.97 Å². The molecule has 0 bridgehead atoms. The van der Waals surface area contributed by atoms with Crippen molar-refractivity contribution in [1.82, 2.24) is 4.31 Å². The van der Waals surface area contributed by atoms with E-state index in [0.717, 1.165) is 20.3 Å². The zero-order valence-corrected chi connectivity index (χ0v) is 17.9. The van der Waals surface area contributed by atoms with Gasteiger partial charge in [-0.1, -0.05) is 49.4 Å². The number of thiophene rings is 1. The molecular formula is C22H21NO5S2. The summed E-state index contributed by atoms with van der Waals surface area (Å²) >= 11 is 1.37. The first-order valence-corrected chi connectivity index (χ1v) is 11.8. The Morgan fingerprint density at radius 1 is 1.17 bits per heavy atom. The Kier molecular flexibility index (Phi) is 5.64. The monoisotopic (exact) mass is 443 g/mol. The van der Waals surface area contributed by atoms with Crippen molar-refractivity contribution in [3.05, 3.63) is 71.1 Å². The van der Waals surface area contributed by atoms with Crippen molar-refractivity contribution in [2.45, 2.75) is 37.4 Å². The average Bonchev–Trinajstić information content (AvgIpc) is 3.27. The molecule has 0 radical (unpaired) electrons. The largest absolute Gasteiger partial charge is 0.489 e. The van der Waals surface area contributed by atoms with Crippen LogP contribution in [0.3, 0.4) is 0 Å². The number of fused-ring (bicyclic) bond motifs is 1. The Morgan fingerprint density at radius 3 is 2.60 bits per heavy atom. The minimum atomic E-state index is -3.81. The van der Waals surface area contributed by atoms with E-state index in [2.05, 4.69) is 0 Å². The predicted molar refractivity (Wildman–Crippen MR) is 115 cm³/mol. The van der Waals surface area contributed by atoms with Crippen molar-refractivity contribution in [3.8, 4) is 16.2 Å². The van der Waals surface area contributed by atoms with E-state index >= 15 is 0 Å². The Balaban J connectivity index is 1.56. The molecule has 3 aromatic rings. The summed E-state index contributed by atoms with van der Waals surface area (Å²) in [4.78, 5) is 13.1. The van der Waals surface area contributed by atoms with Crippen LogP contribution >= 0.6 is 11.3 Å². The molecule has 1 unspecified atom stereocenters. The lowest BCUT2D eigenvalue weighted by molar-refractivity contribution is -0.141. The molecule has 1 aliphatic rings.